The summed E-state index contributed by atoms with van der Waals surface area (Å²) in [6.07, 6.45) is 2.60. The maximum absolute atomic E-state index is 11.5. The number of hydrogen-bond donors (Lipinski definition) is 1. The summed E-state index contributed by atoms with van der Waals surface area (Å²) in [5, 5.41) is 4.21. The number of benzene rings is 1. The van der Waals surface area contributed by atoms with Crippen molar-refractivity contribution in [2.24, 2.45) is 10.7 Å². The van der Waals surface area contributed by atoms with E-state index in [1.165, 1.54) is 0 Å². The number of amides is 1. The standard InChI is InChI=1S/C13H12N4O2/c14-13-16-12(18)11(19-13)10-6-15-17(8-10)7-9-4-2-1-3-5-9/h1-6,8,11H,7H2,(H2,14,16,18). The molecule has 1 amide bonds. The van der Waals surface area contributed by atoms with E-state index < -0.39 is 12.0 Å². The molecule has 0 aliphatic carbocycles. The summed E-state index contributed by atoms with van der Waals surface area (Å²) in [5.74, 6) is -0.392. The van der Waals surface area contributed by atoms with Crippen molar-refractivity contribution in [3.8, 4) is 0 Å². The van der Waals surface area contributed by atoms with Crippen LogP contribution in [0.2, 0.25) is 0 Å². The third kappa shape index (κ3) is 2.33. The third-order valence-corrected chi connectivity index (χ3v) is 2.83. The van der Waals surface area contributed by atoms with Gasteiger partial charge in [-0.15, -0.1) is 0 Å². The molecule has 1 aromatic carbocycles. The fourth-order valence-electron chi connectivity index (χ4n) is 1.95. The SMILES string of the molecule is NC1=NC(=O)C(c2cnn(Cc3ccccc3)c2)O1. The van der Waals surface area contributed by atoms with Gasteiger partial charge in [0, 0.05) is 11.8 Å². The number of rotatable bonds is 3. The number of nitrogens with two attached hydrogens (primary N) is 1. The summed E-state index contributed by atoms with van der Waals surface area (Å²) in [5.41, 5.74) is 7.15. The molecule has 1 aromatic heterocycles. The van der Waals surface area contributed by atoms with E-state index in [2.05, 4.69) is 10.1 Å². The van der Waals surface area contributed by atoms with Gasteiger partial charge in [-0.05, 0) is 5.56 Å². The highest BCUT2D eigenvalue weighted by molar-refractivity contribution is 5.98. The van der Waals surface area contributed by atoms with Crippen LogP contribution in [0.15, 0.2) is 47.7 Å². The van der Waals surface area contributed by atoms with Gasteiger partial charge in [0.25, 0.3) is 11.9 Å². The van der Waals surface area contributed by atoms with Crippen molar-refractivity contribution in [2.45, 2.75) is 12.6 Å². The molecule has 3 rings (SSSR count). The van der Waals surface area contributed by atoms with Crippen LogP contribution < -0.4 is 5.73 Å². The topological polar surface area (TPSA) is 82.5 Å². The summed E-state index contributed by atoms with van der Waals surface area (Å²) < 4.78 is 6.89. The first-order chi connectivity index (χ1) is 9.22. The van der Waals surface area contributed by atoms with Gasteiger partial charge in [0.1, 0.15) is 0 Å². The molecule has 1 atom stereocenters. The monoisotopic (exact) mass is 256 g/mol. The third-order valence-electron chi connectivity index (χ3n) is 2.83. The lowest BCUT2D eigenvalue weighted by Gasteiger charge is -2.04. The molecule has 6 heteroatoms. The number of amidine groups is 1. The molecule has 2 N–H and O–H groups in total. The molecule has 0 spiro atoms. The molecule has 0 saturated heterocycles. The van der Waals surface area contributed by atoms with Gasteiger partial charge in [0.15, 0.2) is 0 Å². The second-order valence-corrected chi connectivity index (χ2v) is 4.24. The molecule has 2 aromatic rings. The Morgan fingerprint density at radius 2 is 2.11 bits per heavy atom. The minimum atomic E-state index is -0.760. The lowest BCUT2D eigenvalue weighted by Crippen LogP contribution is -2.13. The van der Waals surface area contributed by atoms with E-state index in [0.717, 1.165) is 5.56 Å². The van der Waals surface area contributed by atoms with Crippen molar-refractivity contribution in [3.05, 3.63) is 53.9 Å². The van der Waals surface area contributed by atoms with Crippen molar-refractivity contribution < 1.29 is 9.53 Å². The molecule has 19 heavy (non-hydrogen) atoms. The molecule has 1 aliphatic rings. The molecular weight excluding hydrogens is 244 g/mol. The van der Waals surface area contributed by atoms with E-state index in [9.17, 15) is 4.79 Å². The van der Waals surface area contributed by atoms with Gasteiger partial charge >= 0.3 is 0 Å². The van der Waals surface area contributed by atoms with E-state index >= 15 is 0 Å². The molecule has 1 unspecified atom stereocenters. The number of nitrogens with zero attached hydrogens (tertiary/aromatic N) is 3. The molecule has 96 valence electrons. The summed E-state index contributed by atoms with van der Waals surface area (Å²) in [4.78, 5) is 15.1. The first kappa shape index (κ1) is 11.5. The smallest absolute Gasteiger partial charge is 0.296 e. The molecule has 6 nitrogen and oxygen atoms in total. The lowest BCUT2D eigenvalue weighted by atomic mass is 10.2. The van der Waals surface area contributed by atoms with E-state index in [4.69, 9.17) is 10.5 Å². The highest BCUT2D eigenvalue weighted by Gasteiger charge is 2.30. The van der Waals surface area contributed by atoms with Crippen LogP contribution in [-0.2, 0) is 16.1 Å². The summed E-state index contributed by atoms with van der Waals surface area (Å²) in [7, 11) is 0. The fourth-order valence-corrected chi connectivity index (χ4v) is 1.95. The van der Waals surface area contributed by atoms with E-state index in [1.807, 2.05) is 30.3 Å². The predicted octanol–water partition coefficient (Wildman–Crippen LogP) is 0.844. The van der Waals surface area contributed by atoms with Crippen LogP contribution in [0, 0.1) is 0 Å². The fraction of sp³-hybridized carbons (Fsp3) is 0.154. The first-order valence-corrected chi connectivity index (χ1v) is 5.83. The Bertz CT molecular complexity index is 633. The Hall–Kier alpha value is -2.63. The molecule has 0 radical (unpaired) electrons. The summed E-state index contributed by atoms with van der Waals surface area (Å²) in [6, 6.07) is 9.84. The number of carbonyl (C=O) groups excluding carboxylic acids is 1. The maximum atomic E-state index is 11.5. The number of aromatic nitrogens is 2. The Kier molecular flexibility index (Phi) is 2.75. The van der Waals surface area contributed by atoms with Gasteiger partial charge in [0.2, 0.25) is 6.10 Å². The predicted molar refractivity (Wildman–Crippen MR) is 68.2 cm³/mol. The highest BCUT2D eigenvalue weighted by Crippen LogP contribution is 2.22. The second kappa shape index (κ2) is 4.56. The van der Waals surface area contributed by atoms with Gasteiger partial charge < -0.3 is 10.5 Å². The maximum Gasteiger partial charge on any atom is 0.296 e. The van der Waals surface area contributed by atoms with Gasteiger partial charge in [-0.1, -0.05) is 30.3 Å². The Labute approximate surface area is 109 Å². The normalized spacial score (nSPS) is 18.2. The molecular formula is C13H12N4O2. The highest BCUT2D eigenvalue weighted by atomic mass is 16.5. The number of carbonyl (C=O) groups is 1. The lowest BCUT2D eigenvalue weighted by molar-refractivity contribution is -0.122. The van der Waals surface area contributed by atoms with Crippen molar-refractivity contribution in [2.75, 3.05) is 0 Å². The number of hydrogen-bond acceptors (Lipinski definition) is 4. The van der Waals surface area contributed by atoms with Gasteiger partial charge in [-0.2, -0.15) is 10.1 Å². The van der Waals surface area contributed by atoms with Crippen LogP contribution in [0.25, 0.3) is 0 Å². The largest absolute Gasteiger partial charge is 0.446 e. The minimum absolute atomic E-state index is 0.0918. The number of ether oxygens (including phenoxy) is 1. The zero-order chi connectivity index (χ0) is 13.2. The van der Waals surface area contributed by atoms with E-state index in [0.29, 0.717) is 12.1 Å². The molecule has 0 saturated carbocycles. The van der Waals surface area contributed by atoms with Crippen LogP contribution in [0.4, 0.5) is 0 Å². The Morgan fingerprint density at radius 1 is 1.32 bits per heavy atom. The Balaban J connectivity index is 1.76. The van der Waals surface area contributed by atoms with Gasteiger partial charge in [-0.25, -0.2) is 0 Å². The van der Waals surface area contributed by atoms with E-state index in [1.54, 1.807) is 17.1 Å². The summed E-state index contributed by atoms with van der Waals surface area (Å²) >= 11 is 0. The molecule has 0 bridgehead atoms. The van der Waals surface area contributed by atoms with Crippen molar-refractivity contribution in [1.29, 1.82) is 0 Å². The average Bonchev–Trinajstić information content (AvgIpc) is 2.97. The van der Waals surface area contributed by atoms with Crippen LogP contribution in [-0.4, -0.2) is 21.7 Å². The van der Waals surface area contributed by atoms with Crippen LogP contribution in [0.1, 0.15) is 17.2 Å². The summed E-state index contributed by atoms with van der Waals surface area (Å²) in [6.45, 7) is 0.637. The Morgan fingerprint density at radius 3 is 2.79 bits per heavy atom. The van der Waals surface area contributed by atoms with Crippen LogP contribution in [0.3, 0.4) is 0 Å². The van der Waals surface area contributed by atoms with E-state index in [-0.39, 0.29) is 6.02 Å². The molecule has 0 fully saturated rings. The van der Waals surface area contributed by atoms with Gasteiger partial charge in [-0.3, -0.25) is 9.48 Å². The molecule has 1 aliphatic heterocycles. The zero-order valence-electron chi connectivity index (χ0n) is 10.1. The van der Waals surface area contributed by atoms with Crippen LogP contribution >= 0.6 is 0 Å². The zero-order valence-corrected chi connectivity index (χ0v) is 10.1. The quantitative estimate of drug-likeness (QED) is 0.882. The minimum Gasteiger partial charge on any atom is -0.446 e. The molecule has 2 heterocycles. The number of aliphatic imine (C=N–C) groups is 1. The van der Waals surface area contributed by atoms with Crippen LogP contribution in [0.5, 0.6) is 0 Å². The van der Waals surface area contributed by atoms with Gasteiger partial charge in [0.05, 0.1) is 12.7 Å². The average molecular weight is 256 g/mol. The second-order valence-electron chi connectivity index (χ2n) is 4.24. The van der Waals surface area contributed by atoms with Crippen molar-refractivity contribution >= 4 is 11.9 Å². The first-order valence-electron chi connectivity index (χ1n) is 5.83. The van der Waals surface area contributed by atoms with Crippen molar-refractivity contribution in [3.63, 3.8) is 0 Å². The van der Waals surface area contributed by atoms with Crippen molar-refractivity contribution in [1.82, 2.24) is 9.78 Å².